The van der Waals surface area contributed by atoms with E-state index in [9.17, 15) is 9.59 Å². The predicted molar refractivity (Wildman–Crippen MR) is 62.2 cm³/mol. The molecule has 1 aromatic rings. The van der Waals surface area contributed by atoms with Gasteiger partial charge in [-0.2, -0.15) is 0 Å². The van der Waals surface area contributed by atoms with Crippen LogP contribution in [0.3, 0.4) is 0 Å². The standard InChI is InChI=1S/C12H13N2O2/c1-8-5-3-4-6-10(8)9(2)11(7-15)14-12(13)16/h3-6H,1-2H3,(H3,13,14,16). The lowest BCUT2D eigenvalue weighted by atomic mass is 10.0. The summed E-state index contributed by atoms with van der Waals surface area (Å²) in [5.41, 5.74) is 7.57. The number of urea groups is 1. The maximum Gasteiger partial charge on any atom is 0.316 e. The number of carbonyl (C=O) groups is 1. The fourth-order valence-electron chi connectivity index (χ4n) is 1.45. The molecule has 0 fully saturated rings. The quantitative estimate of drug-likeness (QED) is 0.753. The molecule has 0 aliphatic heterocycles. The molecule has 0 saturated heterocycles. The van der Waals surface area contributed by atoms with Gasteiger partial charge in [-0.25, -0.2) is 4.79 Å². The molecular weight excluding hydrogens is 204 g/mol. The van der Waals surface area contributed by atoms with Gasteiger partial charge in [0.25, 0.3) is 6.29 Å². The number of aryl methyl sites for hydroxylation is 1. The van der Waals surface area contributed by atoms with Gasteiger partial charge in [0.2, 0.25) is 0 Å². The normalized spacial score (nSPS) is 11.6. The Bertz CT molecular complexity index is 450. The summed E-state index contributed by atoms with van der Waals surface area (Å²) in [5.74, 6) is 0. The van der Waals surface area contributed by atoms with Crippen molar-refractivity contribution < 1.29 is 9.59 Å². The van der Waals surface area contributed by atoms with Crippen LogP contribution in [0.2, 0.25) is 0 Å². The zero-order chi connectivity index (χ0) is 12.1. The van der Waals surface area contributed by atoms with Gasteiger partial charge in [0.05, 0.1) is 5.70 Å². The van der Waals surface area contributed by atoms with Crippen LogP contribution in [0.25, 0.3) is 5.57 Å². The fourth-order valence-corrected chi connectivity index (χ4v) is 1.45. The Kier molecular flexibility index (Phi) is 3.83. The highest BCUT2D eigenvalue weighted by Crippen LogP contribution is 2.19. The lowest BCUT2D eigenvalue weighted by molar-refractivity contribution is 0.251. The van der Waals surface area contributed by atoms with E-state index in [1.165, 1.54) is 0 Å². The van der Waals surface area contributed by atoms with Gasteiger partial charge in [-0.1, -0.05) is 24.3 Å². The first kappa shape index (κ1) is 12.0. The van der Waals surface area contributed by atoms with Crippen molar-refractivity contribution in [1.82, 2.24) is 5.32 Å². The van der Waals surface area contributed by atoms with Crippen molar-refractivity contribution >= 4 is 17.9 Å². The van der Waals surface area contributed by atoms with Gasteiger partial charge >= 0.3 is 6.03 Å². The molecule has 0 bridgehead atoms. The second-order valence-electron chi connectivity index (χ2n) is 3.41. The van der Waals surface area contributed by atoms with Gasteiger partial charge in [-0.05, 0) is 30.5 Å². The van der Waals surface area contributed by atoms with Crippen LogP contribution < -0.4 is 11.1 Å². The van der Waals surface area contributed by atoms with Crippen LogP contribution >= 0.6 is 0 Å². The lowest BCUT2D eigenvalue weighted by Gasteiger charge is -2.09. The van der Waals surface area contributed by atoms with Gasteiger partial charge in [-0.3, -0.25) is 4.79 Å². The van der Waals surface area contributed by atoms with Crippen LogP contribution in [-0.4, -0.2) is 12.3 Å². The van der Waals surface area contributed by atoms with Crippen molar-refractivity contribution in [3.8, 4) is 0 Å². The summed E-state index contributed by atoms with van der Waals surface area (Å²) in [5, 5.41) is 2.25. The van der Waals surface area contributed by atoms with Crippen molar-refractivity contribution in [2.45, 2.75) is 13.8 Å². The van der Waals surface area contributed by atoms with Gasteiger partial charge in [0.15, 0.2) is 0 Å². The van der Waals surface area contributed by atoms with Crippen molar-refractivity contribution in [2.75, 3.05) is 0 Å². The van der Waals surface area contributed by atoms with Crippen LogP contribution in [-0.2, 0) is 4.79 Å². The molecule has 0 spiro atoms. The third kappa shape index (κ3) is 2.70. The number of primary amides is 1. The molecule has 0 heterocycles. The number of rotatable bonds is 3. The Morgan fingerprint density at radius 2 is 2.00 bits per heavy atom. The zero-order valence-electron chi connectivity index (χ0n) is 9.20. The van der Waals surface area contributed by atoms with Crippen molar-refractivity contribution in [1.29, 1.82) is 0 Å². The van der Waals surface area contributed by atoms with Crippen LogP contribution in [0.5, 0.6) is 0 Å². The van der Waals surface area contributed by atoms with Gasteiger partial charge in [0.1, 0.15) is 0 Å². The Morgan fingerprint density at radius 3 is 2.50 bits per heavy atom. The third-order valence-corrected chi connectivity index (χ3v) is 2.27. The second-order valence-corrected chi connectivity index (χ2v) is 3.41. The summed E-state index contributed by atoms with van der Waals surface area (Å²) in [6.45, 7) is 3.66. The molecule has 0 unspecified atom stereocenters. The minimum Gasteiger partial charge on any atom is -0.351 e. The monoisotopic (exact) mass is 217 g/mol. The van der Waals surface area contributed by atoms with Crippen molar-refractivity contribution in [3.63, 3.8) is 0 Å². The van der Waals surface area contributed by atoms with Crippen LogP contribution in [0, 0.1) is 6.92 Å². The molecule has 83 valence electrons. The van der Waals surface area contributed by atoms with E-state index in [0.29, 0.717) is 5.57 Å². The third-order valence-electron chi connectivity index (χ3n) is 2.27. The van der Waals surface area contributed by atoms with E-state index in [0.717, 1.165) is 11.1 Å². The molecule has 1 radical (unpaired) electrons. The first-order valence-electron chi connectivity index (χ1n) is 4.77. The van der Waals surface area contributed by atoms with Gasteiger partial charge in [-0.15, -0.1) is 0 Å². The number of hydrogen-bond donors (Lipinski definition) is 2. The molecule has 4 nitrogen and oxygen atoms in total. The molecule has 16 heavy (non-hydrogen) atoms. The SMILES string of the molecule is CC(=C([C]=O)NC(N)=O)c1ccccc1C. The molecule has 0 atom stereocenters. The summed E-state index contributed by atoms with van der Waals surface area (Å²) in [4.78, 5) is 21.4. The highest BCUT2D eigenvalue weighted by atomic mass is 16.2. The van der Waals surface area contributed by atoms with E-state index >= 15 is 0 Å². The topological polar surface area (TPSA) is 72.2 Å². The average molecular weight is 217 g/mol. The number of nitrogens with one attached hydrogen (secondary N) is 1. The van der Waals surface area contributed by atoms with E-state index < -0.39 is 6.03 Å². The van der Waals surface area contributed by atoms with Crippen LogP contribution in [0.4, 0.5) is 4.79 Å². The summed E-state index contributed by atoms with van der Waals surface area (Å²) in [7, 11) is 0. The summed E-state index contributed by atoms with van der Waals surface area (Å²) >= 11 is 0. The second kappa shape index (κ2) is 5.11. The summed E-state index contributed by atoms with van der Waals surface area (Å²) in [6, 6.07) is 6.78. The van der Waals surface area contributed by atoms with Crippen molar-refractivity contribution in [2.24, 2.45) is 5.73 Å². The Hall–Kier alpha value is -2.10. The largest absolute Gasteiger partial charge is 0.351 e. The van der Waals surface area contributed by atoms with E-state index in [1.807, 2.05) is 31.2 Å². The van der Waals surface area contributed by atoms with Crippen LogP contribution in [0.15, 0.2) is 30.0 Å². The minimum atomic E-state index is -0.772. The van der Waals surface area contributed by atoms with E-state index in [-0.39, 0.29) is 5.70 Å². The van der Waals surface area contributed by atoms with Crippen LogP contribution in [0.1, 0.15) is 18.1 Å². The van der Waals surface area contributed by atoms with E-state index in [1.54, 1.807) is 13.2 Å². The number of allylic oxidation sites excluding steroid dienone is 2. The molecule has 3 N–H and O–H groups in total. The Balaban J connectivity index is 3.19. The molecular formula is C12H13N2O2. The maximum atomic E-state index is 10.7. The molecule has 1 aromatic carbocycles. The van der Waals surface area contributed by atoms with Gasteiger partial charge in [0, 0.05) is 0 Å². The zero-order valence-corrected chi connectivity index (χ0v) is 9.20. The highest BCUT2D eigenvalue weighted by Gasteiger charge is 2.08. The molecule has 0 aliphatic rings. The van der Waals surface area contributed by atoms with Crippen molar-refractivity contribution in [3.05, 3.63) is 41.1 Å². The minimum absolute atomic E-state index is 0.0711. The lowest BCUT2D eigenvalue weighted by Crippen LogP contribution is -2.29. The molecule has 0 aromatic heterocycles. The number of benzene rings is 1. The molecule has 2 amide bonds. The number of hydrogen-bond acceptors (Lipinski definition) is 2. The number of carbonyl (C=O) groups excluding carboxylic acids is 2. The molecule has 4 heteroatoms. The highest BCUT2D eigenvalue weighted by molar-refractivity contribution is 5.93. The predicted octanol–water partition coefficient (Wildman–Crippen LogP) is 1.50. The summed E-state index contributed by atoms with van der Waals surface area (Å²) < 4.78 is 0. The molecule has 1 rings (SSSR count). The first-order valence-corrected chi connectivity index (χ1v) is 4.77. The molecule has 0 saturated carbocycles. The maximum absolute atomic E-state index is 10.7. The summed E-state index contributed by atoms with van der Waals surface area (Å²) in [6.07, 6.45) is 1.68. The Morgan fingerprint density at radius 1 is 1.38 bits per heavy atom. The Labute approximate surface area is 94.1 Å². The van der Waals surface area contributed by atoms with E-state index in [4.69, 9.17) is 5.73 Å². The number of nitrogens with two attached hydrogens (primary N) is 1. The average Bonchev–Trinajstić information content (AvgIpc) is 2.25. The molecule has 0 aliphatic carbocycles. The number of amides is 2. The smallest absolute Gasteiger partial charge is 0.316 e. The van der Waals surface area contributed by atoms with Gasteiger partial charge < -0.3 is 11.1 Å². The van der Waals surface area contributed by atoms with E-state index in [2.05, 4.69) is 5.32 Å². The fraction of sp³-hybridized carbons (Fsp3) is 0.167. The first-order chi connectivity index (χ1) is 7.56.